The van der Waals surface area contributed by atoms with Gasteiger partial charge in [0.05, 0.1) is 0 Å². The van der Waals surface area contributed by atoms with Gasteiger partial charge in [-0.3, -0.25) is 9.59 Å². The predicted octanol–water partition coefficient (Wildman–Crippen LogP) is 9.08. The maximum atomic E-state index is 13.3. The van der Waals surface area contributed by atoms with Gasteiger partial charge in [0.15, 0.2) is 11.6 Å². The summed E-state index contributed by atoms with van der Waals surface area (Å²) in [4.78, 5) is 31.5. The fraction of sp³-hybridized carbons (Fsp3) is 0.611. The molecule has 0 bridgehead atoms. The van der Waals surface area contributed by atoms with Gasteiger partial charge in [0.25, 0.3) is 0 Å². The van der Waals surface area contributed by atoms with Gasteiger partial charge in [0, 0.05) is 37.6 Å². The summed E-state index contributed by atoms with van der Waals surface area (Å²) in [5, 5.41) is 0. The second-order valence-corrected chi connectivity index (χ2v) is 11.7. The van der Waals surface area contributed by atoms with Crippen LogP contribution in [0, 0.1) is 0 Å². The first kappa shape index (κ1) is 31.9. The fourth-order valence-corrected chi connectivity index (χ4v) is 5.88. The Kier molecular flexibility index (Phi) is 13.8. The van der Waals surface area contributed by atoms with E-state index in [2.05, 4.69) is 61.8 Å². The molecule has 4 heteroatoms. The van der Waals surface area contributed by atoms with Crippen molar-refractivity contribution in [3.8, 4) is 0 Å². The van der Waals surface area contributed by atoms with Crippen molar-refractivity contribution in [1.82, 2.24) is 0 Å². The molecule has 0 aromatic heterocycles. The van der Waals surface area contributed by atoms with Crippen LogP contribution in [0.25, 0.3) is 0 Å². The van der Waals surface area contributed by atoms with Crippen LogP contribution < -0.4 is 9.80 Å². The third kappa shape index (κ3) is 8.69. The summed E-state index contributed by atoms with van der Waals surface area (Å²) < 4.78 is 0. The molecule has 0 saturated heterocycles. The average molecular weight is 547 g/mol. The van der Waals surface area contributed by atoms with E-state index >= 15 is 0 Å². The fourth-order valence-electron chi connectivity index (χ4n) is 5.88. The number of hydrogen-bond donors (Lipinski definition) is 0. The first-order valence-electron chi connectivity index (χ1n) is 16.3. The maximum absolute atomic E-state index is 13.3. The Hall–Kier alpha value is -2.62. The van der Waals surface area contributed by atoms with Crippen LogP contribution in [-0.2, 0) is 9.59 Å². The summed E-state index contributed by atoms with van der Waals surface area (Å²) in [5.41, 5.74) is 4.08. The number of ketones is 2. The van der Waals surface area contributed by atoms with Crippen LogP contribution in [0.15, 0.2) is 48.5 Å². The maximum Gasteiger partial charge on any atom is 0.162 e. The van der Waals surface area contributed by atoms with Crippen LogP contribution >= 0.6 is 0 Å². The minimum atomic E-state index is -0.619. The zero-order valence-corrected chi connectivity index (χ0v) is 25.8. The van der Waals surface area contributed by atoms with E-state index in [0.717, 1.165) is 37.3 Å². The molecule has 0 heterocycles. The molecule has 2 aromatic carbocycles. The Labute approximate surface area is 244 Å². The van der Waals surface area contributed by atoms with Gasteiger partial charge < -0.3 is 9.80 Å². The van der Waals surface area contributed by atoms with Crippen LogP contribution in [0.2, 0.25) is 0 Å². The highest BCUT2D eigenvalue weighted by molar-refractivity contribution is 6.31. The first-order chi connectivity index (χ1) is 19.5. The van der Waals surface area contributed by atoms with Gasteiger partial charge in [-0.05, 0) is 61.1 Å². The lowest BCUT2D eigenvalue weighted by atomic mass is 9.66. The van der Waals surface area contributed by atoms with Crippen molar-refractivity contribution in [2.75, 3.05) is 36.0 Å². The van der Waals surface area contributed by atoms with Crippen LogP contribution in [-0.4, -0.2) is 37.7 Å². The summed E-state index contributed by atoms with van der Waals surface area (Å²) in [6.45, 7) is 13.2. The minimum Gasteiger partial charge on any atom is -0.372 e. The highest BCUT2D eigenvalue weighted by atomic mass is 16.2. The topological polar surface area (TPSA) is 40.6 Å². The smallest absolute Gasteiger partial charge is 0.162 e. The third-order valence-electron chi connectivity index (χ3n) is 8.45. The van der Waals surface area contributed by atoms with Gasteiger partial charge in [-0.25, -0.2) is 0 Å². The summed E-state index contributed by atoms with van der Waals surface area (Å²) >= 11 is 0. The van der Waals surface area contributed by atoms with E-state index in [1.165, 1.54) is 88.4 Å². The Balaban J connectivity index is 1.65. The van der Waals surface area contributed by atoms with E-state index < -0.39 is 11.8 Å². The Morgan fingerprint density at radius 1 is 0.450 bits per heavy atom. The number of nitrogens with zero attached hydrogens (tertiary/aromatic N) is 2. The SMILES string of the molecule is CCCCCN(CCCCC)c1ccc(C2C(=O)C(c3ccc(N(CCCCC)CCCCC)cc3)C2=O)cc1. The van der Waals surface area contributed by atoms with Crippen molar-refractivity contribution in [2.24, 2.45) is 0 Å². The molecule has 0 N–H and O–H groups in total. The normalized spacial score (nSPS) is 16.7. The van der Waals surface area contributed by atoms with Crippen molar-refractivity contribution in [3.05, 3.63) is 59.7 Å². The van der Waals surface area contributed by atoms with Crippen molar-refractivity contribution in [2.45, 2.75) is 117 Å². The van der Waals surface area contributed by atoms with Crippen molar-refractivity contribution < 1.29 is 9.59 Å². The van der Waals surface area contributed by atoms with Gasteiger partial charge >= 0.3 is 0 Å². The number of carbonyl (C=O) groups excluding carboxylic acids is 2. The van der Waals surface area contributed by atoms with Gasteiger partial charge in [0.1, 0.15) is 11.8 Å². The molecule has 0 aliphatic heterocycles. The van der Waals surface area contributed by atoms with E-state index in [0.29, 0.717) is 0 Å². The molecular weight excluding hydrogens is 492 g/mol. The summed E-state index contributed by atoms with van der Waals surface area (Å²) in [7, 11) is 0. The van der Waals surface area contributed by atoms with Crippen molar-refractivity contribution in [3.63, 3.8) is 0 Å². The van der Waals surface area contributed by atoms with E-state index in [4.69, 9.17) is 0 Å². The highest BCUT2D eigenvalue weighted by Gasteiger charge is 2.50. The zero-order valence-electron chi connectivity index (χ0n) is 25.8. The quantitative estimate of drug-likeness (QED) is 0.123. The third-order valence-corrected chi connectivity index (χ3v) is 8.45. The standard InChI is InChI=1S/C36H54N2O2/c1-5-9-13-25-37(26-14-10-6-2)31-21-17-29(18-22-31)33-35(39)34(36(33)40)30-19-23-32(24-20-30)38(27-15-11-7-3)28-16-12-8-4/h17-24,33-34H,5-16,25-28H2,1-4H3. The van der Waals surface area contributed by atoms with Crippen molar-refractivity contribution >= 4 is 22.9 Å². The number of anilines is 2. The molecule has 0 unspecified atom stereocenters. The highest BCUT2D eigenvalue weighted by Crippen LogP contribution is 2.41. The summed E-state index contributed by atoms with van der Waals surface area (Å²) in [6, 6.07) is 16.5. The lowest BCUT2D eigenvalue weighted by Crippen LogP contribution is -2.44. The molecule has 2 aromatic rings. The number of hydrogen-bond acceptors (Lipinski definition) is 4. The Morgan fingerprint density at radius 2 is 0.725 bits per heavy atom. The van der Waals surface area contributed by atoms with E-state index in [9.17, 15) is 9.59 Å². The largest absolute Gasteiger partial charge is 0.372 e. The molecule has 1 saturated carbocycles. The molecule has 4 nitrogen and oxygen atoms in total. The molecule has 3 rings (SSSR count). The number of Topliss-reactive ketones (excluding diaryl/α,β-unsaturated/α-hetero) is 2. The predicted molar refractivity (Wildman–Crippen MR) is 171 cm³/mol. The number of rotatable bonds is 20. The molecule has 1 aliphatic rings. The zero-order chi connectivity index (χ0) is 28.7. The van der Waals surface area contributed by atoms with Crippen LogP contribution in [0.4, 0.5) is 11.4 Å². The van der Waals surface area contributed by atoms with Crippen LogP contribution in [0.1, 0.15) is 128 Å². The number of benzene rings is 2. The Bertz CT molecular complexity index is 899. The molecule has 1 aliphatic carbocycles. The molecule has 0 spiro atoms. The number of unbranched alkanes of at least 4 members (excludes halogenated alkanes) is 8. The second-order valence-electron chi connectivity index (χ2n) is 11.7. The number of carbonyl (C=O) groups is 2. The molecule has 0 radical (unpaired) electrons. The molecule has 0 atom stereocenters. The van der Waals surface area contributed by atoms with Crippen molar-refractivity contribution in [1.29, 1.82) is 0 Å². The minimum absolute atomic E-state index is 0.0380. The molecule has 40 heavy (non-hydrogen) atoms. The first-order valence-corrected chi connectivity index (χ1v) is 16.3. The van der Waals surface area contributed by atoms with Crippen LogP contribution in [0.5, 0.6) is 0 Å². The molecule has 0 amide bonds. The monoisotopic (exact) mass is 546 g/mol. The van der Waals surface area contributed by atoms with Gasteiger partial charge in [-0.2, -0.15) is 0 Å². The van der Waals surface area contributed by atoms with E-state index in [1.54, 1.807) is 0 Å². The average Bonchev–Trinajstić information content (AvgIpc) is 2.97. The molecule has 1 fully saturated rings. The van der Waals surface area contributed by atoms with Gasteiger partial charge in [0.2, 0.25) is 0 Å². The summed E-state index contributed by atoms with van der Waals surface area (Å²) in [6.07, 6.45) is 14.6. The van der Waals surface area contributed by atoms with Gasteiger partial charge in [-0.15, -0.1) is 0 Å². The summed E-state index contributed by atoms with van der Waals surface area (Å²) in [5.74, 6) is -1.16. The lowest BCUT2D eigenvalue weighted by Gasteiger charge is -2.33. The molecule has 220 valence electrons. The van der Waals surface area contributed by atoms with E-state index in [1.807, 2.05) is 24.3 Å². The molecular formula is C36H54N2O2. The Morgan fingerprint density at radius 3 is 0.975 bits per heavy atom. The van der Waals surface area contributed by atoms with Gasteiger partial charge in [-0.1, -0.05) is 103 Å². The second kappa shape index (κ2) is 17.3. The lowest BCUT2D eigenvalue weighted by molar-refractivity contribution is -0.142. The van der Waals surface area contributed by atoms with E-state index in [-0.39, 0.29) is 11.6 Å². The van der Waals surface area contributed by atoms with Crippen LogP contribution in [0.3, 0.4) is 0 Å².